The SMILES string of the molecule is CCC(OC(=O)Nc1cccc(C(=O)O)c1O)C(=O)O. The van der Waals surface area contributed by atoms with E-state index in [0.717, 1.165) is 6.07 Å². The molecule has 1 atom stereocenters. The van der Waals surface area contributed by atoms with Crippen LogP contribution in [0.25, 0.3) is 0 Å². The van der Waals surface area contributed by atoms with E-state index in [-0.39, 0.29) is 12.1 Å². The molecule has 0 spiro atoms. The van der Waals surface area contributed by atoms with Gasteiger partial charge in [-0.05, 0) is 18.6 Å². The van der Waals surface area contributed by atoms with Gasteiger partial charge in [-0.2, -0.15) is 0 Å². The van der Waals surface area contributed by atoms with Gasteiger partial charge in [-0.15, -0.1) is 0 Å². The lowest BCUT2D eigenvalue weighted by molar-refractivity contribution is -0.146. The number of nitrogens with one attached hydrogen (secondary N) is 1. The van der Waals surface area contributed by atoms with E-state index in [9.17, 15) is 19.5 Å². The number of rotatable bonds is 5. The van der Waals surface area contributed by atoms with Crippen LogP contribution in [0.3, 0.4) is 0 Å². The highest BCUT2D eigenvalue weighted by Crippen LogP contribution is 2.27. The molecule has 0 radical (unpaired) electrons. The number of carbonyl (C=O) groups is 3. The summed E-state index contributed by atoms with van der Waals surface area (Å²) in [5.74, 6) is -3.30. The fourth-order valence-corrected chi connectivity index (χ4v) is 1.39. The number of aliphatic carboxylic acids is 1. The molecule has 0 aliphatic rings. The monoisotopic (exact) mass is 283 g/mol. The second-order valence-electron chi connectivity index (χ2n) is 3.77. The molecule has 0 saturated heterocycles. The van der Waals surface area contributed by atoms with E-state index < -0.39 is 35.4 Å². The number of aromatic hydroxyl groups is 1. The molecule has 1 aromatic carbocycles. The van der Waals surface area contributed by atoms with Crippen LogP contribution < -0.4 is 5.32 Å². The molecule has 1 amide bonds. The summed E-state index contributed by atoms with van der Waals surface area (Å²) < 4.78 is 4.61. The van der Waals surface area contributed by atoms with Crippen LogP contribution in [0, 0.1) is 0 Å². The average molecular weight is 283 g/mol. The van der Waals surface area contributed by atoms with E-state index >= 15 is 0 Å². The van der Waals surface area contributed by atoms with Gasteiger partial charge in [0.05, 0.1) is 5.69 Å². The van der Waals surface area contributed by atoms with Gasteiger partial charge in [0.1, 0.15) is 5.56 Å². The summed E-state index contributed by atoms with van der Waals surface area (Å²) in [5.41, 5.74) is -0.580. The number of amides is 1. The minimum Gasteiger partial charge on any atom is -0.505 e. The number of benzene rings is 1. The highest BCUT2D eigenvalue weighted by Gasteiger charge is 2.21. The van der Waals surface area contributed by atoms with Gasteiger partial charge in [0, 0.05) is 0 Å². The molecule has 1 aromatic rings. The van der Waals surface area contributed by atoms with Crippen LogP contribution in [0.5, 0.6) is 5.75 Å². The molecule has 0 heterocycles. The third kappa shape index (κ3) is 3.61. The molecule has 0 saturated carbocycles. The first-order chi connectivity index (χ1) is 9.36. The number of carboxylic acids is 2. The van der Waals surface area contributed by atoms with Gasteiger partial charge < -0.3 is 20.1 Å². The number of hydrogen-bond donors (Lipinski definition) is 4. The van der Waals surface area contributed by atoms with Crippen molar-refractivity contribution >= 4 is 23.7 Å². The number of anilines is 1. The predicted molar refractivity (Wildman–Crippen MR) is 66.9 cm³/mol. The number of carboxylic acid groups (broad SMARTS) is 2. The second-order valence-corrected chi connectivity index (χ2v) is 3.77. The number of carbonyl (C=O) groups excluding carboxylic acids is 1. The first kappa shape index (κ1) is 15.3. The fraction of sp³-hybridized carbons (Fsp3) is 0.250. The molecular formula is C12H13NO7. The number of para-hydroxylation sites is 1. The molecule has 20 heavy (non-hydrogen) atoms. The van der Waals surface area contributed by atoms with Crippen molar-refractivity contribution in [2.24, 2.45) is 0 Å². The third-order valence-corrected chi connectivity index (χ3v) is 2.40. The number of phenols is 1. The van der Waals surface area contributed by atoms with Crippen LogP contribution in [0.15, 0.2) is 18.2 Å². The zero-order valence-electron chi connectivity index (χ0n) is 10.5. The van der Waals surface area contributed by atoms with E-state index in [4.69, 9.17) is 10.2 Å². The van der Waals surface area contributed by atoms with Crippen molar-refractivity contribution in [3.05, 3.63) is 23.8 Å². The van der Waals surface area contributed by atoms with Crippen LogP contribution in [0.2, 0.25) is 0 Å². The standard InChI is InChI=1S/C12H13NO7/c1-2-8(11(17)18)20-12(19)13-7-5-3-4-6(9(7)14)10(15)16/h3-5,8,14H,2H2,1H3,(H,13,19)(H,15,16)(H,17,18). The van der Waals surface area contributed by atoms with Gasteiger partial charge in [-0.3, -0.25) is 5.32 Å². The van der Waals surface area contributed by atoms with Crippen molar-refractivity contribution < 1.29 is 34.4 Å². The van der Waals surface area contributed by atoms with Crippen LogP contribution in [-0.4, -0.2) is 39.5 Å². The Bertz CT molecular complexity index is 541. The first-order valence-corrected chi connectivity index (χ1v) is 5.62. The maximum Gasteiger partial charge on any atom is 0.412 e. The normalized spacial score (nSPS) is 11.4. The van der Waals surface area contributed by atoms with E-state index in [0.29, 0.717) is 0 Å². The maximum absolute atomic E-state index is 11.5. The van der Waals surface area contributed by atoms with Gasteiger partial charge >= 0.3 is 18.0 Å². The number of aromatic carboxylic acids is 1. The Morgan fingerprint density at radius 3 is 2.45 bits per heavy atom. The molecule has 0 bridgehead atoms. The first-order valence-electron chi connectivity index (χ1n) is 5.62. The quantitative estimate of drug-likeness (QED) is 0.601. The molecular weight excluding hydrogens is 270 g/mol. The summed E-state index contributed by atoms with van der Waals surface area (Å²) in [7, 11) is 0. The maximum atomic E-state index is 11.5. The Kier molecular flexibility index (Phi) is 4.90. The number of hydrogen-bond acceptors (Lipinski definition) is 5. The topological polar surface area (TPSA) is 133 Å². The molecule has 0 aliphatic carbocycles. The molecule has 0 aromatic heterocycles. The van der Waals surface area contributed by atoms with Gasteiger partial charge in [0.15, 0.2) is 11.9 Å². The van der Waals surface area contributed by atoms with Crippen molar-refractivity contribution in [1.29, 1.82) is 0 Å². The van der Waals surface area contributed by atoms with E-state index in [2.05, 4.69) is 10.1 Å². The van der Waals surface area contributed by atoms with Crippen LogP contribution in [-0.2, 0) is 9.53 Å². The van der Waals surface area contributed by atoms with Crippen molar-refractivity contribution in [2.45, 2.75) is 19.4 Å². The molecule has 108 valence electrons. The highest BCUT2D eigenvalue weighted by molar-refractivity contribution is 5.96. The van der Waals surface area contributed by atoms with Crippen molar-refractivity contribution in [1.82, 2.24) is 0 Å². The summed E-state index contributed by atoms with van der Waals surface area (Å²) in [4.78, 5) is 33.0. The third-order valence-electron chi connectivity index (χ3n) is 2.40. The lowest BCUT2D eigenvalue weighted by Gasteiger charge is -2.13. The molecule has 1 rings (SSSR count). The predicted octanol–water partition coefficient (Wildman–Crippen LogP) is 1.50. The zero-order valence-corrected chi connectivity index (χ0v) is 10.5. The lowest BCUT2D eigenvalue weighted by Crippen LogP contribution is -2.28. The molecule has 4 N–H and O–H groups in total. The molecule has 0 aliphatic heterocycles. The van der Waals surface area contributed by atoms with Crippen LogP contribution in [0.4, 0.5) is 10.5 Å². The Labute approximate surface area is 113 Å². The Balaban J connectivity index is 2.84. The lowest BCUT2D eigenvalue weighted by atomic mass is 10.2. The summed E-state index contributed by atoms with van der Waals surface area (Å²) >= 11 is 0. The minimum absolute atomic E-state index is 0.0733. The Hall–Kier alpha value is -2.77. The minimum atomic E-state index is -1.36. The van der Waals surface area contributed by atoms with Gasteiger partial charge in [-0.25, -0.2) is 14.4 Å². The van der Waals surface area contributed by atoms with Crippen LogP contribution in [0.1, 0.15) is 23.7 Å². The Morgan fingerprint density at radius 2 is 1.95 bits per heavy atom. The van der Waals surface area contributed by atoms with Crippen molar-refractivity contribution in [3.63, 3.8) is 0 Å². The molecule has 8 nitrogen and oxygen atoms in total. The molecule has 1 unspecified atom stereocenters. The highest BCUT2D eigenvalue weighted by atomic mass is 16.6. The van der Waals surface area contributed by atoms with Gasteiger partial charge in [-0.1, -0.05) is 13.0 Å². The summed E-state index contributed by atoms with van der Waals surface area (Å²) in [5, 5.41) is 29.3. The molecule has 8 heteroatoms. The summed E-state index contributed by atoms with van der Waals surface area (Å²) in [6.45, 7) is 1.52. The Morgan fingerprint density at radius 1 is 1.30 bits per heavy atom. The number of ether oxygens (including phenoxy) is 1. The fourth-order valence-electron chi connectivity index (χ4n) is 1.39. The van der Waals surface area contributed by atoms with Crippen molar-refractivity contribution in [3.8, 4) is 5.75 Å². The zero-order chi connectivity index (χ0) is 15.3. The second kappa shape index (κ2) is 6.41. The summed E-state index contributed by atoms with van der Waals surface area (Å²) in [6, 6.07) is 3.72. The van der Waals surface area contributed by atoms with E-state index in [1.54, 1.807) is 0 Å². The van der Waals surface area contributed by atoms with Gasteiger partial charge in [0.2, 0.25) is 0 Å². The smallest absolute Gasteiger partial charge is 0.412 e. The van der Waals surface area contributed by atoms with Crippen molar-refractivity contribution in [2.75, 3.05) is 5.32 Å². The largest absolute Gasteiger partial charge is 0.505 e. The van der Waals surface area contributed by atoms with E-state index in [1.165, 1.54) is 19.1 Å². The summed E-state index contributed by atoms with van der Waals surface area (Å²) in [6.07, 6.45) is -2.35. The van der Waals surface area contributed by atoms with Gasteiger partial charge in [0.25, 0.3) is 0 Å². The van der Waals surface area contributed by atoms with E-state index in [1.807, 2.05) is 0 Å². The van der Waals surface area contributed by atoms with Crippen LogP contribution >= 0.6 is 0 Å². The molecule has 0 fully saturated rings. The average Bonchev–Trinajstić information content (AvgIpc) is 2.37.